The molecule has 8 heteroatoms. The van der Waals surface area contributed by atoms with Crippen molar-refractivity contribution in [3.63, 3.8) is 0 Å². The molecule has 0 spiro atoms. The lowest BCUT2D eigenvalue weighted by Gasteiger charge is -2.15. The SMILES string of the molecule is CCc1nncn1CCNC(=NC)NCc1cc2c(cc1OC)CC(C)O2. The number of aromatic nitrogens is 3. The predicted octanol–water partition coefficient (Wildman–Crippen LogP) is 1.54. The van der Waals surface area contributed by atoms with Crippen LogP contribution in [0.4, 0.5) is 0 Å². The molecule has 0 bridgehead atoms. The third kappa shape index (κ3) is 4.50. The number of aryl methyl sites for hydroxylation is 1. The summed E-state index contributed by atoms with van der Waals surface area (Å²) < 4.78 is 13.5. The maximum absolute atomic E-state index is 5.86. The molecule has 2 aromatic rings. The number of rotatable bonds is 7. The van der Waals surface area contributed by atoms with Crippen LogP contribution in [0.3, 0.4) is 0 Å². The minimum Gasteiger partial charge on any atom is -0.496 e. The van der Waals surface area contributed by atoms with Crippen molar-refractivity contribution in [2.75, 3.05) is 20.7 Å². The van der Waals surface area contributed by atoms with E-state index in [1.54, 1.807) is 20.5 Å². The smallest absolute Gasteiger partial charge is 0.191 e. The highest BCUT2D eigenvalue weighted by Crippen LogP contribution is 2.34. The van der Waals surface area contributed by atoms with Gasteiger partial charge in [0.25, 0.3) is 0 Å². The summed E-state index contributed by atoms with van der Waals surface area (Å²) in [4.78, 5) is 4.29. The van der Waals surface area contributed by atoms with Crippen LogP contribution in [0.5, 0.6) is 11.5 Å². The molecule has 1 aromatic carbocycles. The second-order valence-electron chi connectivity index (χ2n) is 6.55. The van der Waals surface area contributed by atoms with Gasteiger partial charge in [-0.25, -0.2) is 0 Å². The van der Waals surface area contributed by atoms with Gasteiger partial charge in [-0.3, -0.25) is 4.99 Å². The summed E-state index contributed by atoms with van der Waals surface area (Å²) in [5, 5.41) is 14.7. The normalized spacial score (nSPS) is 16.0. The molecule has 1 aliphatic heterocycles. The molecule has 1 aliphatic rings. The van der Waals surface area contributed by atoms with Crippen molar-refractivity contribution in [1.82, 2.24) is 25.4 Å². The van der Waals surface area contributed by atoms with E-state index in [-0.39, 0.29) is 6.10 Å². The van der Waals surface area contributed by atoms with Gasteiger partial charge < -0.3 is 24.7 Å². The van der Waals surface area contributed by atoms with Crippen LogP contribution in [0.2, 0.25) is 0 Å². The van der Waals surface area contributed by atoms with E-state index in [0.717, 1.165) is 54.8 Å². The van der Waals surface area contributed by atoms with Crippen LogP contribution in [0.25, 0.3) is 0 Å². The minimum atomic E-state index is 0.216. The van der Waals surface area contributed by atoms with Gasteiger partial charge >= 0.3 is 0 Å². The highest BCUT2D eigenvalue weighted by Gasteiger charge is 2.21. The average molecular weight is 372 g/mol. The lowest BCUT2D eigenvalue weighted by Crippen LogP contribution is -2.38. The van der Waals surface area contributed by atoms with E-state index in [0.29, 0.717) is 6.54 Å². The van der Waals surface area contributed by atoms with Gasteiger partial charge in [0.05, 0.1) is 7.11 Å². The molecule has 1 atom stereocenters. The van der Waals surface area contributed by atoms with Gasteiger partial charge in [0.15, 0.2) is 5.96 Å². The molecule has 1 unspecified atom stereocenters. The number of fused-ring (bicyclic) bond motifs is 1. The van der Waals surface area contributed by atoms with Crippen LogP contribution in [0.15, 0.2) is 23.5 Å². The van der Waals surface area contributed by atoms with Crippen LogP contribution in [0, 0.1) is 0 Å². The number of guanidine groups is 1. The second kappa shape index (κ2) is 8.75. The van der Waals surface area contributed by atoms with E-state index in [2.05, 4.69) is 51.8 Å². The van der Waals surface area contributed by atoms with Gasteiger partial charge in [-0.1, -0.05) is 6.92 Å². The molecule has 0 amide bonds. The van der Waals surface area contributed by atoms with Gasteiger partial charge in [-0.05, 0) is 19.1 Å². The van der Waals surface area contributed by atoms with Crippen molar-refractivity contribution in [3.05, 3.63) is 35.4 Å². The first kappa shape index (κ1) is 19.0. The number of benzene rings is 1. The quantitative estimate of drug-likeness (QED) is 0.566. The molecule has 0 fully saturated rings. The van der Waals surface area contributed by atoms with Crippen LogP contribution in [0.1, 0.15) is 30.8 Å². The van der Waals surface area contributed by atoms with Gasteiger partial charge in [0.2, 0.25) is 0 Å². The highest BCUT2D eigenvalue weighted by atomic mass is 16.5. The van der Waals surface area contributed by atoms with Crippen LogP contribution >= 0.6 is 0 Å². The maximum atomic E-state index is 5.86. The van der Waals surface area contributed by atoms with Gasteiger partial charge in [0, 0.05) is 50.7 Å². The Bertz CT molecular complexity index is 801. The summed E-state index contributed by atoms with van der Waals surface area (Å²) in [6.07, 6.45) is 3.76. The third-order valence-corrected chi connectivity index (χ3v) is 4.63. The molecule has 8 nitrogen and oxygen atoms in total. The number of nitrogens with zero attached hydrogens (tertiary/aromatic N) is 4. The number of methoxy groups -OCH3 is 1. The molecule has 0 radical (unpaired) electrons. The highest BCUT2D eigenvalue weighted by molar-refractivity contribution is 5.79. The van der Waals surface area contributed by atoms with Crippen molar-refractivity contribution in [1.29, 1.82) is 0 Å². The lowest BCUT2D eigenvalue weighted by atomic mass is 10.1. The Morgan fingerprint density at radius 1 is 1.41 bits per heavy atom. The first-order chi connectivity index (χ1) is 13.1. The fraction of sp³-hybridized carbons (Fsp3) is 0.526. The Hall–Kier alpha value is -2.77. The van der Waals surface area contributed by atoms with Crippen molar-refractivity contribution in [3.8, 4) is 11.5 Å². The van der Waals surface area contributed by atoms with E-state index >= 15 is 0 Å². The Labute approximate surface area is 160 Å². The topological polar surface area (TPSA) is 85.6 Å². The Morgan fingerprint density at radius 3 is 3.00 bits per heavy atom. The van der Waals surface area contributed by atoms with E-state index in [1.165, 1.54) is 5.56 Å². The molecule has 3 rings (SSSR count). The molecule has 27 heavy (non-hydrogen) atoms. The third-order valence-electron chi connectivity index (χ3n) is 4.63. The number of ether oxygens (including phenoxy) is 2. The van der Waals surface area contributed by atoms with E-state index < -0.39 is 0 Å². The molecule has 0 saturated heterocycles. The zero-order valence-electron chi connectivity index (χ0n) is 16.5. The zero-order chi connectivity index (χ0) is 19.2. The number of hydrogen-bond donors (Lipinski definition) is 2. The molecule has 1 aromatic heterocycles. The molecule has 0 aliphatic carbocycles. The lowest BCUT2D eigenvalue weighted by molar-refractivity contribution is 0.254. The second-order valence-corrected chi connectivity index (χ2v) is 6.55. The van der Waals surface area contributed by atoms with Gasteiger partial charge in [0.1, 0.15) is 29.8 Å². The fourth-order valence-electron chi connectivity index (χ4n) is 3.24. The van der Waals surface area contributed by atoms with E-state index in [9.17, 15) is 0 Å². The van der Waals surface area contributed by atoms with Crippen molar-refractivity contribution < 1.29 is 9.47 Å². The molecule has 0 saturated carbocycles. The molecular weight excluding hydrogens is 344 g/mol. The van der Waals surface area contributed by atoms with Crippen LogP contribution in [-0.2, 0) is 25.9 Å². The van der Waals surface area contributed by atoms with Gasteiger partial charge in [-0.2, -0.15) is 0 Å². The minimum absolute atomic E-state index is 0.216. The van der Waals surface area contributed by atoms with Crippen molar-refractivity contribution in [2.24, 2.45) is 4.99 Å². The predicted molar refractivity (Wildman–Crippen MR) is 104 cm³/mol. The molecule has 146 valence electrons. The van der Waals surface area contributed by atoms with Crippen LogP contribution < -0.4 is 20.1 Å². The van der Waals surface area contributed by atoms with Crippen LogP contribution in [-0.4, -0.2) is 47.5 Å². The summed E-state index contributed by atoms with van der Waals surface area (Å²) in [5.74, 6) is 3.53. The molecule has 2 N–H and O–H groups in total. The first-order valence-electron chi connectivity index (χ1n) is 9.32. The summed E-state index contributed by atoms with van der Waals surface area (Å²) in [6, 6.07) is 4.13. The molecule has 2 heterocycles. The first-order valence-corrected chi connectivity index (χ1v) is 9.32. The average Bonchev–Trinajstić information content (AvgIpc) is 3.27. The van der Waals surface area contributed by atoms with Crippen molar-refractivity contribution >= 4 is 5.96 Å². The molecular formula is C19H28N6O2. The zero-order valence-corrected chi connectivity index (χ0v) is 16.5. The fourth-order valence-corrected chi connectivity index (χ4v) is 3.24. The number of hydrogen-bond acceptors (Lipinski definition) is 5. The summed E-state index contributed by atoms with van der Waals surface area (Å²) in [5.41, 5.74) is 2.24. The Morgan fingerprint density at radius 2 is 2.26 bits per heavy atom. The summed E-state index contributed by atoms with van der Waals surface area (Å²) in [6.45, 7) is 6.26. The largest absolute Gasteiger partial charge is 0.496 e. The monoisotopic (exact) mass is 372 g/mol. The summed E-state index contributed by atoms with van der Waals surface area (Å²) in [7, 11) is 3.46. The number of nitrogens with one attached hydrogen (secondary N) is 2. The summed E-state index contributed by atoms with van der Waals surface area (Å²) >= 11 is 0. The standard InChI is InChI=1S/C19H28N6O2/c1-5-18-24-23-12-25(18)7-6-21-19(20-3)22-11-15-10-17-14(8-13(2)27-17)9-16(15)26-4/h9-10,12-13H,5-8,11H2,1-4H3,(H2,20,21,22). The van der Waals surface area contributed by atoms with Gasteiger partial charge in [-0.15, -0.1) is 10.2 Å². The maximum Gasteiger partial charge on any atom is 0.191 e. The Balaban J connectivity index is 1.56. The number of aliphatic imine (C=N–C) groups is 1. The van der Waals surface area contributed by atoms with Crippen molar-refractivity contribution in [2.45, 2.75) is 45.9 Å². The van der Waals surface area contributed by atoms with E-state index in [4.69, 9.17) is 9.47 Å². The van der Waals surface area contributed by atoms with E-state index in [1.807, 2.05) is 4.57 Å². The Kier molecular flexibility index (Phi) is 6.16.